The summed E-state index contributed by atoms with van der Waals surface area (Å²) in [6, 6.07) is 7.14. The molecule has 1 unspecified atom stereocenters. The molecular formula is C15H15F2N3O. The quantitative estimate of drug-likeness (QED) is 0.760. The first-order valence-corrected chi connectivity index (χ1v) is 6.30. The highest BCUT2D eigenvalue weighted by molar-refractivity contribution is 5.99. The number of carbonyl (C=O) groups excluding carboxylic acids is 1. The van der Waals surface area contributed by atoms with E-state index in [-0.39, 0.29) is 16.8 Å². The zero-order chi connectivity index (χ0) is 15.6. The first-order chi connectivity index (χ1) is 9.90. The molecule has 0 aliphatic rings. The number of nitrogens with two attached hydrogens (primary N) is 2. The van der Waals surface area contributed by atoms with Crippen molar-refractivity contribution in [1.82, 2.24) is 5.32 Å². The van der Waals surface area contributed by atoms with Crippen molar-refractivity contribution in [3.63, 3.8) is 0 Å². The Morgan fingerprint density at radius 3 is 2.33 bits per heavy atom. The van der Waals surface area contributed by atoms with Crippen molar-refractivity contribution in [2.45, 2.75) is 13.0 Å². The molecule has 0 aliphatic heterocycles. The topological polar surface area (TPSA) is 81.1 Å². The highest BCUT2D eigenvalue weighted by Gasteiger charge is 2.19. The lowest BCUT2D eigenvalue weighted by molar-refractivity contribution is 0.0939. The minimum Gasteiger partial charge on any atom is -0.399 e. The molecular weight excluding hydrogens is 276 g/mol. The smallest absolute Gasteiger partial charge is 0.253 e. The minimum atomic E-state index is -0.837. The van der Waals surface area contributed by atoms with E-state index < -0.39 is 23.6 Å². The molecule has 0 fully saturated rings. The lowest BCUT2D eigenvalue weighted by Crippen LogP contribution is -2.28. The van der Waals surface area contributed by atoms with Gasteiger partial charge in [0.15, 0.2) is 0 Å². The number of hydrogen-bond acceptors (Lipinski definition) is 3. The first-order valence-electron chi connectivity index (χ1n) is 6.30. The van der Waals surface area contributed by atoms with E-state index in [0.29, 0.717) is 5.69 Å². The number of nitrogen functional groups attached to an aromatic ring is 2. The molecule has 0 radical (unpaired) electrons. The number of benzene rings is 2. The van der Waals surface area contributed by atoms with E-state index in [1.54, 1.807) is 0 Å². The van der Waals surface area contributed by atoms with Crippen LogP contribution in [0.4, 0.5) is 20.2 Å². The van der Waals surface area contributed by atoms with Gasteiger partial charge in [-0.25, -0.2) is 8.78 Å². The summed E-state index contributed by atoms with van der Waals surface area (Å²) in [6.45, 7) is 1.49. The van der Waals surface area contributed by atoms with E-state index in [2.05, 4.69) is 5.32 Å². The van der Waals surface area contributed by atoms with Crippen molar-refractivity contribution >= 4 is 17.3 Å². The average Bonchev–Trinajstić information content (AvgIpc) is 2.37. The summed E-state index contributed by atoms with van der Waals surface area (Å²) in [5.41, 5.74) is 11.9. The molecule has 2 rings (SSSR count). The van der Waals surface area contributed by atoms with Gasteiger partial charge in [-0.05, 0) is 37.3 Å². The SMILES string of the molecule is CC(NC(=O)c1ccc(N)cc1N)c1c(F)cccc1F. The summed E-state index contributed by atoms with van der Waals surface area (Å²) >= 11 is 0. The van der Waals surface area contributed by atoms with Crippen LogP contribution in [0.5, 0.6) is 0 Å². The third-order valence-electron chi connectivity index (χ3n) is 3.10. The highest BCUT2D eigenvalue weighted by Crippen LogP contribution is 2.22. The van der Waals surface area contributed by atoms with Crippen molar-refractivity contribution in [2.24, 2.45) is 0 Å². The first kappa shape index (κ1) is 14.8. The zero-order valence-electron chi connectivity index (χ0n) is 11.4. The Labute approximate surface area is 120 Å². The lowest BCUT2D eigenvalue weighted by Gasteiger charge is -2.16. The molecule has 0 aromatic heterocycles. The van der Waals surface area contributed by atoms with Gasteiger partial charge in [-0.1, -0.05) is 6.07 Å². The molecule has 2 aromatic rings. The van der Waals surface area contributed by atoms with Crippen molar-refractivity contribution in [3.05, 3.63) is 59.2 Å². The summed E-state index contributed by atoms with van der Waals surface area (Å²) in [5, 5.41) is 2.51. The number of amides is 1. The molecule has 2 aromatic carbocycles. The molecule has 0 aliphatic carbocycles. The van der Waals surface area contributed by atoms with Crippen LogP contribution in [-0.2, 0) is 0 Å². The largest absolute Gasteiger partial charge is 0.399 e. The van der Waals surface area contributed by atoms with Crippen LogP contribution in [0.3, 0.4) is 0 Å². The van der Waals surface area contributed by atoms with E-state index in [1.165, 1.54) is 31.2 Å². The lowest BCUT2D eigenvalue weighted by atomic mass is 10.1. The Balaban J connectivity index is 2.23. The van der Waals surface area contributed by atoms with Crippen LogP contribution in [0, 0.1) is 11.6 Å². The Bertz CT molecular complexity index is 668. The van der Waals surface area contributed by atoms with Gasteiger partial charge in [0.2, 0.25) is 0 Å². The van der Waals surface area contributed by atoms with Crippen LogP contribution in [0.1, 0.15) is 28.9 Å². The van der Waals surface area contributed by atoms with Gasteiger partial charge in [0, 0.05) is 16.9 Å². The summed E-state index contributed by atoms with van der Waals surface area (Å²) in [5.74, 6) is -1.95. The number of carbonyl (C=O) groups is 1. The minimum absolute atomic E-state index is 0.195. The number of halogens is 2. The number of nitrogens with one attached hydrogen (secondary N) is 1. The second-order valence-electron chi connectivity index (χ2n) is 4.68. The Morgan fingerprint density at radius 1 is 1.14 bits per heavy atom. The van der Waals surface area contributed by atoms with E-state index in [9.17, 15) is 13.6 Å². The fourth-order valence-electron chi connectivity index (χ4n) is 2.06. The fraction of sp³-hybridized carbons (Fsp3) is 0.133. The number of rotatable bonds is 3. The van der Waals surface area contributed by atoms with Crippen LogP contribution in [-0.4, -0.2) is 5.91 Å². The molecule has 110 valence electrons. The molecule has 0 saturated heterocycles. The van der Waals surface area contributed by atoms with Gasteiger partial charge < -0.3 is 16.8 Å². The van der Waals surface area contributed by atoms with Crippen LogP contribution in [0.15, 0.2) is 36.4 Å². The number of hydrogen-bond donors (Lipinski definition) is 3. The van der Waals surface area contributed by atoms with Gasteiger partial charge >= 0.3 is 0 Å². The standard InChI is InChI=1S/C15H15F2N3O/c1-8(14-11(16)3-2-4-12(14)17)20-15(21)10-6-5-9(18)7-13(10)19/h2-8H,18-19H2,1H3,(H,20,21). The van der Waals surface area contributed by atoms with E-state index in [0.717, 1.165) is 12.1 Å². The molecule has 0 spiro atoms. The van der Waals surface area contributed by atoms with E-state index in [1.807, 2.05) is 0 Å². The molecule has 1 atom stereocenters. The normalized spacial score (nSPS) is 12.0. The van der Waals surface area contributed by atoms with Crippen LogP contribution in [0.2, 0.25) is 0 Å². The zero-order valence-corrected chi connectivity index (χ0v) is 11.4. The van der Waals surface area contributed by atoms with E-state index in [4.69, 9.17) is 11.5 Å². The highest BCUT2D eigenvalue weighted by atomic mass is 19.1. The summed E-state index contributed by atoms with van der Waals surface area (Å²) < 4.78 is 27.3. The summed E-state index contributed by atoms with van der Waals surface area (Å²) in [6.07, 6.45) is 0. The van der Waals surface area contributed by atoms with Crippen molar-refractivity contribution < 1.29 is 13.6 Å². The predicted octanol–water partition coefficient (Wildman–Crippen LogP) is 2.62. The Hall–Kier alpha value is -2.63. The second-order valence-corrected chi connectivity index (χ2v) is 4.68. The van der Waals surface area contributed by atoms with E-state index >= 15 is 0 Å². The number of anilines is 2. The van der Waals surface area contributed by atoms with Crippen LogP contribution in [0.25, 0.3) is 0 Å². The van der Waals surface area contributed by atoms with Gasteiger partial charge in [0.1, 0.15) is 11.6 Å². The Kier molecular flexibility index (Phi) is 4.07. The Morgan fingerprint density at radius 2 is 1.76 bits per heavy atom. The van der Waals surface area contributed by atoms with Gasteiger partial charge in [0.05, 0.1) is 11.6 Å². The molecule has 0 bridgehead atoms. The van der Waals surface area contributed by atoms with Gasteiger partial charge in [-0.3, -0.25) is 4.79 Å². The molecule has 4 nitrogen and oxygen atoms in total. The molecule has 6 heteroatoms. The molecule has 0 saturated carbocycles. The van der Waals surface area contributed by atoms with Crippen molar-refractivity contribution in [3.8, 4) is 0 Å². The van der Waals surface area contributed by atoms with Gasteiger partial charge in [-0.15, -0.1) is 0 Å². The second kappa shape index (κ2) is 5.78. The van der Waals surface area contributed by atoms with Crippen molar-refractivity contribution in [2.75, 3.05) is 11.5 Å². The maximum absolute atomic E-state index is 13.7. The third-order valence-corrected chi connectivity index (χ3v) is 3.10. The summed E-state index contributed by atoms with van der Waals surface area (Å²) in [7, 11) is 0. The molecule has 1 amide bonds. The third kappa shape index (κ3) is 3.10. The monoisotopic (exact) mass is 291 g/mol. The average molecular weight is 291 g/mol. The predicted molar refractivity (Wildman–Crippen MR) is 77.5 cm³/mol. The molecule has 5 N–H and O–H groups in total. The molecule has 21 heavy (non-hydrogen) atoms. The fourth-order valence-corrected chi connectivity index (χ4v) is 2.06. The summed E-state index contributed by atoms with van der Waals surface area (Å²) in [4.78, 5) is 12.1. The van der Waals surface area contributed by atoms with Gasteiger partial charge in [-0.2, -0.15) is 0 Å². The van der Waals surface area contributed by atoms with Crippen LogP contribution >= 0.6 is 0 Å². The van der Waals surface area contributed by atoms with Gasteiger partial charge in [0.25, 0.3) is 5.91 Å². The maximum Gasteiger partial charge on any atom is 0.253 e. The van der Waals surface area contributed by atoms with Crippen LogP contribution < -0.4 is 16.8 Å². The van der Waals surface area contributed by atoms with Crippen molar-refractivity contribution in [1.29, 1.82) is 0 Å². The maximum atomic E-state index is 13.7. The molecule has 0 heterocycles.